The van der Waals surface area contributed by atoms with Crippen molar-refractivity contribution in [1.29, 1.82) is 0 Å². The fourth-order valence-electron chi connectivity index (χ4n) is 11.5. The van der Waals surface area contributed by atoms with Crippen molar-refractivity contribution in [2.45, 2.75) is 178 Å². The number of benzene rings is 3. The summed E-state index contributed by atoms with van der Waals surface area (Å²) in [5, 5.41) is 47.8. The van der Waals surface area contributed by atoms with Gasteiger partial charge in [0.1, 0.15) is 18.2 Å². The Balaban J connectivity index is 1.23. The first kappa shape index (κ1) is 64.1. The van der Waals surface area contributed by atoms with Crippen molar-refractivity contribution in [3.05, 3.63) is 101 Å². The van der Waals surface area contributed by atoms with Crippen molar-refractivity contribution < 1.29 is 63.0 Å². The summed E-state index contributed by atoms with van der Waals surface area (Å²) >= 11 is 6.49. The highest BCUT2D eigenvalue weighted by molar-refractivity contribution is 6.31. The Labute approximate surface area is 477 Å². The number of aliphatic hydroxyl groups excluding tert-OH is 2. The van der Waals surface area contributed by atoms with E-state index in [2.05, 4.69) is 21.3 Å². The van der Waals surface area contributed by atoms with E-state index in [4.69, 9.17) is 35.3 Å². The van der Waals surface area contributed by atoms with Crippen molar-refractivity contribution in [2.75, 3.05) is 46.7 Å². The Kier molecular flexibility index (Phi) is 23.1. The highest BCUT2D eigenvalue weighted by atomic mass is 35.5. The number of amides is 5. The summed E-state index contributed by atoms with van der Waals surface area (Å²) in [5.41, 5.74) is -0.0537. The first-order valence-electron chi connectivity index (χ1n) is 28.0. The van der Waals surface area contributed by atoms with E-state index in [1.165, 1.54) is 7.11 Å². The number of nitrogens with one attached hydrogen (secondary N) is 4. The molecule has 3 aromatic carbocycles. The van der Waals surface area contributed by atoms with E-state index in [9.17, 15) is 39.3 Å². The molecule has 80 heavy (non-hydrogen) atoms. The summed E-state index contributed by atoms with van der Waals surface area (Å²) in [4.78, 5) is 72.9. The van der Waals surface area contributed by atoms with Crippen LogP contribution in [0.3, 0.4) is 0 Å². The zero-order chi connectivity index (χ0) is 58.6. The molecule has 3 aromatic rings. The molecule has 0 unspecified atom stereocenters. The predicted octanol–water partition coefficient (Wildman–Crippen LogP) is 4.79. The fraction of sp³-hybridized carbons (Fsp3) is 0.617. The Hall–Kier alpha value is -5.06. The van der Waals surface area contributed by atoms with E-state index >= 15 is 0 Å². The molecule has 3 saturated heterocycles. The maximum atomic E-state index is 14.4. The van der Waals surface area contributed by atoms with Crippen molar-refractivity contribution in [1.82, 2.24) is 25.8 Å². The lowest BCUT2D eigenvalue weighted by atomic mass is 9.77. The van der Waals surface area contributed by atoms with Crippen molar-refractivity contribution in [2.24, 2.45) is 17.8 Å². The van der Waals surface area contributed by atoms with Crippen molar-refractivity contribution in [3.8, 4) is 0 Å². The Morgan fingerprint density at radius 2 is 1.59 bits per heavy atom. The maximum Gasteiger partial charge on any atom is 0.247 e. The van der Waals surface area contributed by atoms with Crippen LogP contribution in [0.2, 0.25) is 5.02 Å². The van der Waals surface area contributed by atoms with Gasteiger partial charge in [0.05, 0.1) is 48.0 Å². The highest BCUT2D eigenvalue weighted by Crippen LogP contribution is 2.39. The van der Waals surface area contributed by atoms with Crippen molar-refractivity contribution >= 4 is 46.8 Å². The minimum absolute atomic E-state index is 0.0682. The minimum atomic E-state index is -1.68. The average molecular weight is 1140 g/mol. The molecule has 0 bridgehead atoms. The smallest absolute Gasteiger partial charge is 0.247 e. The van der Waals surface area contributed by atoms with Gasteiger partial charge in [0.2, 0.25) is 29.5 Å². The molecule has 3 aliphatic heterocycles. The van der Waals surface area contributed by atoms with Gasteiger partial charge < -0.3 is 70.1 Å². The standard InChI is InChI=1S/C60H87ClN6O13/c1-35-32-59(6,75)55(80-58-52(71)47(66(8)9)27-36(2)77-58)37(3)53(79-51-33-60(7,76-11)54(72)39(5)78-51)38(4)56(73)62-26-25-48(68)63-44(31-50(70)67(10)34-35)28-41-21-23-43(24-22-41)64-57(74)46(30-42-19-15-16-20-45(42)61)65-49(69)29-40-17-13-12-14-18-40/h12-24,35-39,44,46-47,51-55,58,71-72,75H,25-34H2,1-11H3,(H,62,73)(H,63,68)(H,64,74)(H,65,69)/t35-,36-,37+,38-,39+,44-,46+,47+,51+,52-,53+,54+,55-,58+,59-,60-/m1/s1. The van der Waals surface area contributed by atoms with Crippen LogP contribution in [0, 0.1) is 17.8 Å². The molecular weight excluding hydrogens is 1050 g/mol. The van der Waals surface area contributed by atoms with E-state index in [0.717, 1.165) is 11.1 Å². The minimum Gasteiger partial charge on any atom is -0.387 e. The Bertz CT molecular complexity index is 2520. The number of aliphatic hydroxyl groups is 3. The summed E-state index contributed by atoms with van der Waals surface area (Å²) in [7, 11) is 6.90. The first-order valence-corrected chi connectivity index (χ1v) is 28.3. The number of halogens is 1. The van der Waals surface area contributed by atoms with Crippen LogP contribution >= 0.6 is 11.6 Å². The van der Waals surface area contributed by atoms with Gasteiger partial charge in [-0.1, -0.05) is 93.0 Å². The van der Waals surface area contributed by atoms with Crippen LogP contribution in [0.25, 0.3) is 0 Å². The number of ether oxygens (including phenoxy) is 5. The molecule has 3 fully saturated rings. The number of carbonyl (C=O) groups excluding carboxylic acids is 5. The second-order valence-corrected chi connectivity index (χ2v) is 23.6. The van der Waals surface area contributed by atoms with Gasteiger partial charge in [-0.15, -0.1) is 0 Å². The Morgan fingerprint density at radius 3 is 2.25 bits per heavy atom. The van der Waals surface area contributed by atoms with Gasteiger partial charge in [-0.25, -0.2) is 0 Å². The van der Waals surface area contributed by atoms with Crippen LogP contribution in [0.1, 0.15) is 97.3 Å². The van der Waals surface area contributed by atoms with Crippen LogP contribution < -0.4 is 21.3 Å². The summed E-state index contributed by atoms with van der Waals surface area (Å²) in [6, 6.07) is 21.4. The number of hydrogen-bond donors (Lipinski definition) is 7. The quantitative estimate of drug-likeness (QED) is 0.108. The highest BCUT2D eigenvalue weighted by Gasteiger charge is 2.51. The summed E-state index contributed by atoms with van der Waals surface area (Å²) in [5.74, 6) is -3.98. The van der Waals surface area contributed by atoms with Gasteiger partial charge in [0, 0.05) is 81.6 Å². The summed E-state index contributed by atoms with van der Waals surface area (Å²) in [6.45, 7) is 12.5. The SMILES string of the molecule is CO[C@]1(C)C[C@H](O[C@H]2[C@H](C)[C@@H](O[C@@H]3O[C@H](C)C[C@H](N(C)C)[C@H]3O)[C@](C)(O)C[C@@H](C)CN(C)C(=O)C[C@@H](Cc3ccc(NC(=O)[C@H](Cc4ccccc4Cl)NC(=O)Cc4ccccc4)cc3)NC(=O)CCNC(=O)[C@@H]2C)O[C@@H](C)[C@@H]1O. The zero-order valence-electron chi connectivity index (χ0n) is 48.4. The van der Waals surface area contributed by atoms with Crippen LogP contribution in [-0.4, -0.2) is 175 Å². The third-order valence-corrected chi connectivity index (χ3v) is 16.4. The van der Waals surface area contributed by atoms with Gasteiger partial charge in [-0.2, -0.15) is 0 Å². The molecule has 0 spiro atoms. The second-order valence-electron chi connectivity index (χ2n) is 23.2. The van der Waals surface area contributed by atoms with Gasteiger partial charge in [0.15, 0.2) is 12.6 Å². The molecule has 19 nitrogen and oxygen atoms in total. The average Bonchev–Trinajstić information content (AvgIpc) is 3.51. The van der Waals surface area contributed by atoms with Crippen LogP contribution in [-0.2, 0) is 66.9 Å². The third-order valence-electron chi connectivity index (χ3n) is 16.0. The summed E-state index contributed by atoms with van der Waals surface area (Å²) < 4.78 is 31.9. The lowest BCUT2D eigenvalue weighted by Gasteiger charge is -2.49. The van der Waals surface area contributed by atoms with E-state index in [-0.39, 0.29) is 87.9 Å². The summed E-state index contributed by atoms with van der Waals surface area (Å²) in [6.07, 6.45) is -6.48. The van der Waals surface area contributed by atoms with Gasteiger partial charge in [-0.3, -0.25) is 24.0 Å². The van der Waals surface area contributed by atoms with E-state index in [0.29, 0.717) is 22.7 Å². The Morgan fingerprint density at radius 1 is 0.912 bits per heavy atom. The molecule has 3 heterocycles. The molecule has 0 saturated carbocycles. The van der Waals surface area contributed by atoms with E-state index in [1.807, 2.05) is 69.2 Å². The molecule has 3 aliphatic rings. The van der Waals surface area contributed by atoms with Crippen LogP contribution in [0.4, 0.5) is 5.69 Å². The molecule has 5 amide bonds. The number of likely N-dealkylation sites (N-methyl/N-ethyl adjacent to an activating group) is 1. The normalized spacial score (nSPS) is 32.9. The van der Waals surface area contributed by atoms with E-state index in [1.54, 1.807) is 89.0 Å². The largest absolute Gasteiger partial charge is 0.387 e. The van der Waals surface area contributed by atoms with Crippen molar-refractivity contribution in [3.63, 3.8) is 0 Å². The first-order chi connectivity index (χ1) is 37.8. The van der Waals surface area contributed by atoms with Crippen LogP contribution in [0.15, 0.2) is 78.9 Å². The molecule has 20 heteroatoms. The molecule has 6 rings (SSSR count). The zero-order valence-corrected chi connectivity index (χ0v) is 49.1. The maximum absolute atomic E-state index is 14.4. The monoisotopic (exact) mass is 1130 g/mol. The van der Waals surface area contributed by atoms with E-state index < -0.39 is 95.9 Å². The number of rotatable bonds is 15. The fourth-order valence-corrected chi connectivity index (χ4v) is 11.8. The number of methoxy groups -OCH3 is 1. The van der Waals surface area contributed by atoms with Gasteiger partial charge >= 0.3 is 0 Å². The topological polar surface area (TPSA) is 247 Å². The molecule has 442 valence electrons. The number of anilines is 1. The number of hydrogen-bond acceptors (Lipinski definition) is 14. The number of carbonyl (C=O) groups is 5. The second kappa shape index (κ2) is 28.8. The van der Waals surface area contributed by atoms with Gasteiger partial charge in [0.25, 0.3) is 0 Å². The predicted molar refractivity (Wildman–Crippen MR) is 303 cm³/mol. The third kappa shape index (κ3) is 17.5. The van der Waals surface area contributed by atoms with Gasteiger partial charge in [-0.05, 0) is 102 Å². The molecule has 0 radical (unpaired) electrons. The number of nitrogens with zero attached hydrogens (tertiary/aromatic N) is 2. The molecule has 16 atom stereocenters. The molecular formula is C60H87ClN6O13. The van der Waals surface area contributed by atoms with Crippen LogP contribution in [0.5, 0.6) is 0 Å². The lowest BCUT2D eigenvalue weighted by Crippen LogP contribution is -2.60. The molecule has 0 aliphatic carbocycles. The molecule has 7 N–H and O–H groups in total. The molecule has 0 aromatic heterocycles. The lowest BCUT2D eigenvalue weighted by molar-refractivity contribution is -0.317.